The van der Waals surface area contributed by atoms with Gasteiger partial charge in [-0.1, -0.05) is 0 Å². The fourth-order valence-electron chi connectivity index (χ4n) is 1.29. The molecule has 0 unspecified atom stereocenters. The molecule has 0 saturated carbocycles. The van der Waals surface area contributed by atoms with Gasteiger partial charge >= 0.3 is 0 Å². The van der Waals surface area contributed by atoms with Crippen LogP contribution in [-0.2, 0) is 0 Å². The molecule has 0 aliphatic rings. The van der Waals surface area contributed by atoms with Crippen molar-refractivity contribution in [3.8, 4) is 0 Å². The van der Waals surface area contributed by atoms with E-state index in [0.29, 0.717) is 17.0 Å². The first-order valence-corrected chi connectivity index (χ1v) is 4.68. The highest BCUT2D eigenvalue weighted by Gasteiger charge is 2.09. The van der Waals surface area contributed by atoms with Crippen LogP contribution in [0.2, 0.25) is 0 Å². The van der Waals surface area contributed by atoms with Gasteiger partial charge in [0.05, 0.1) is 16.0 Å². The van der Waals surface area contributed by atoms with E-state index in [1.165, 1.54) is 12.1 Å². The number of anilines is 1. The van der Waals surface area contributed by atoms with E-state index >= 15 is 0 Å². The third-order valence-corrected chi connectivity index (χ3v) is 2.02. The maximum absolute atomic E-state index is 10.5. The molecule has 0 radical (unpaired) electrons. The summed E-state index contributed by atoms with van der Waals surface area (Å²) < 4.78 is 0. The van der Waals surface area contributed by atoms with E-state index in [2.05, 4.69) is 27.5 Å². The van der Waals surface area contributed by atoms with Crippen LogP contribution in [0, 0.1) is 10.1 Å². The molecule has 7 nitrogen and oxygen atoms in total. The summed E-state index contributed by atoms with van der Waals surface area (Å²) in [6.07, 6.45) is 0. The first-order chi connectivity index (χ1) is 7.56. The standard InChI is InChI=1S/C8H7N5O2S/c9-7(16)12-8-10-5-2-1-4(13(14)15)3-6(5)11-8/h1-3H,(H4,9,10,11,12,16). The molecule has 8 heteroatoms. The van der Waals surface area contributed by atoms with E-state index in [9.17, 15) is 10.1 Å². The predicted octanol–water partition coefficient (Wildman–Crippen LogP) is 1.13. The van der Waals surface area contributed by atoms with Crippen LogP contribution in [0.15, 0.2) is 18.2 Å². The number of imidazole rings is 1. The van der Waals surface area contributed by atoms with Crippen molar-refractivity contribution in [1.29, 1.82) is 0 Å². The maximum atomic E-state index is 10.5. The van der Waals surface area contributed by atoms with Crippen molar-refractivity contribution in [2.45, 2.75) is 0 Å². The molecule has 4 N–H and O–H groups in total. The van der Waals surface area contributed by atoms with Crippen LogP contribution in [0.5, 0.6) is 0 Å². The summed E-state index contributed by atoms with van der Waals surface area (Å²) in [5, 5.41) is 13.2. The van der Waals surface area contributed by atoms with E-state index in [1.54, 1.807) is 6.07 Å². The Morgan fingerprint density at radius 2 is 2.38 bits per heavy atom. The first-order valence-electron chi connectivity index (χ1n) is 4.27. The number of H-pyrrole nitrogens is 1. The SMILES string of the molecule is NC(=S)Nc1nc2ccc([N+](=O)[O-])cc2[nH]1. The quantitative estimate of drug-likeness (QED) is 0.410. The molecule has 1 aromatic carbocycles. The van der Waals surface area contributed by atoms with Gasteiger partial charge < -0.3 is 16.0 Å². The lowest BCUT2D eigenvalue weighted by Crippen LogP contribution is -2.19. The second-order valence-electron chi connectivity index (χ2n) is 3.03. The molecule has 0 aliphatic heterocycles. The zero-order valence-corrected chi connectivity index (χ0v) is 8.75. The van der Waals surface area contributed by atoms with Crippen LogP contribution < -0.4 is 11.1 Å². The van der Waals surface area contributed by atoms with Crippen molar-refractivity contribution < 1.29 is 4.92 Å². The minimum Gasteiger partial charge on any atom is -0.376 e. The van der Waals surface area contributed by atoms with Gasteiger partial charge in [0.1, 0.15) is 0 Å². The zero-order chi connectivity index (χ0) is 11.7. The molecule has 1 heterocycles. The fraction of sp³-hybridized carbons (Fsp3) is 0. The highest BCUT2D eigenvalue weighted by molar-refractivity contribution is 7.80. The topological polar surface area (TPSA) is 110 Å². The molecule has 0 aliphatic carbocycles. The van der Waals surface area contributed by atoms with E-state index < -0.39 is 4.92 Å². The molecule has 0 amide bonds. The monoisotopic (exact) mass is 237 g/mol. The lowest BCUT2D eigenvalue weighted by atomic mass is 10.3. The predicted molar refractivity (Wildman–Crippen MR) is 63.2 cm³/mol. The lowest BCUT2D eigenvalue weighted by Gasteiger charge is -1.95. The summed E-state index contributed by atoms with van der Waals surface area (Å²) in [5.74, 6) is 0.364. The first kappa shape index (κ1) is 10.3. The molecule has 0 spiro atoms. The van der Waals surface area contributed by atoms with E-state index in [4.69, 9.17) is 5.73 Å². The Morgan fingerprint density at radius 3 is 3.00 bits per heavy atom. The highest BCUT2D eigenvalue weighted by Crippen LogP contribution is 2.20. The van der Waals surface area contributed by atoms with Crippen molar-refractivity contribution in [3.05, 3.63) is 28.3 Å². The van der Waals surface area contributed by atoms with Crippen molar-refractivity contribution in [2.75, 3.05) is 5.32 Å². The zero-order valence-electron chi connectivity index (χ0n) is 7.93. The molecule has 82 valence electrons. The molecule has 1 aromatic heterocycles. The minimum atomic E-state index is -0.471. The molecule has 2 rings (SSSR count). The number of hydrogen-bond donors (Lipinski definition) is 3. The van der Waals surface area contributed by atoms with Gasteiger partial charge in [0, 0.05) is 12.1 Å². The smallest absolute Gasteiger partial charge is 0.271 e. The van der Waals surface area contributed by atoms with Gasteiger partial charge in [0.2, 0.25) is 5.95 Å². The van der Waals surface area contributed by atoms with Crippen LogP contribution in [0.3, 0.4) is 0 Å². The van der Waals surface area contributed by atoms with Gasteiger partial charge in [-0.3, -0.25) is 10.1 Å². The minimum absolute atomic E-state index is 0.00183. The third-order valence-electron chi connectivity index (χ3n) is 1.92. The largest absolute Gasteiger partial charge is 0.376 e. The van der Waals surface area contributed by atoms with Gasteiger partial charge in [-0.25, -0.2) is 4.98 Å². The number of nitro benzene ring substituents is 1. The Labute approximate surface area is 94.8 Å². The molecule has 2 aromatic rings. The van der Waals surface area contributed by atoms with Gasteiger partial charge in [0.25, 0.3) is 5.69 Å². The van der Waals surface area contributed by atoms with Crippen LogP contribution in [-0.4, -0.2) is 20.0 Å². The molecule has 0 fully saturated rings. The summed E-state index contributed by atoms with van der Waals surface area (Å²) in [7, 11) is 0. The number of nitrogens with zero attached hydrogens (tertiary/aromatic N) is 2. The van der Waals surface area contributed by atoms with Crippen LogP contribution >= 0.6 is 12.2 Å². The van der Waals surface area contributed by atoms with Crippen molar-refractivity contribution in [3.63, 3.8) is 0 Å². The number of benzene rings is 1. The highest BCUT2D eigenvalue weighted by atomic mass is 32.1. The van der Waals surface area contributed by atoms with Crippen molar-refractivity contribution >= 4 is 40.0 Å². The Bertz CT molecular complexity index is 579. The number of hydrogen-bond acceptors (Lipinski definition) is 4. The Kier molecular flexibility index (Phi) is 2.41. The van der Waals surface area contributed by atoms with Crippen LogP contribution in [0.1, 0.15) is 0 Å². The summed E-state index contributed by atoms with van der Waals surface area (Å²) in [4.78, 5) is 17.0. The molecular formula is C8H7N5O2S. The normalized spacial score (nSPS) is 10.2. The summed E-state index contributed by atoms with van der Waals surface area (Å²) >= 11 is 4.65. The van der Waals surface area contributed by atoms with Crippen LogP contribution in [0.4, 0.5) is 11.6 Å². The number of non-ortho nitro benzene ring substituents is 1. The van der Waals surface area contributed by atoms with Crippen molar-refractivity contribution in [2.24, 2.45) is 5.73 Å². The van der Waals surface area contributed by atoms with Gasteiger partial charge in [-0.2, -0.15) is 0 Å². The maximum Gasteiger partial charge on any atom is 0.271 e. The number of nitrogens with one attached hydrogen (secondary N) is 2. The number of aromatic nitrogens is 2. The van der Waals surface area contributed by atoms with Crippen molar-refractivity contribution in [1.82, 2.24) is 9.97 Å². The third kappa shape index (κ3) is 1.91. The number of fused-ring (bicyclic) bond motifs is 1. The molecule has 16 heavy (non-hydrogen) atoms. The van der Waals surface area contributed by atoms with Gasteiger partial charge in [0.15, 0.2) is 5.11 Å². The Hall–Kier alpha value is -2.22. The van der Waals surface area contributed by atoms with Gasteiger partial charge in [-0.05, 0) is 18.3 Å². The number of nitro groups is 1. The average Bonchev–Trinajstić information content (AvgIpc) is 2.56. The molecule has 0 atom stereocenters. The molecule has 0 saturated heterocycles. The van der Waals surface area contributed by atoms with E-state index in [-0.39, 0.29) is 10.8 Å². The molecular weight excluding hydrogens is 230 g/mol. The fourth-order valence-corrected chi connectivity index (χ4v) is 1.38. The van der Waals surface area contributed by atoms with E-state index in [1.807, 2.05) is 0 Å². The summed E-state index contributed by atoms with van der Waals surface area (Å²) in [6.45, 7) is 0. The Balaban J connectivity index is 2.45. The van der Waals surface area contributed by atoms with Crippen LogP contribution in [0.25, 0.3) is 11.0 Å². The second-order valence-corrected chi connectivity index (χ2v) is 3.47. The number of thiocarbonyl (C=S) groups is 1. The average molecular weight is 237 g/mol. The number of aromatic amines is 1. The van der Waals surface area contributed by atoms with E-state index in [0.717, 1.165) is 0 Å². The Morgan fingerprint density at radius 1 is 1.62 bits per heavy atom. The molecule has 0 bridgehead atoms. The number of rotatable bonds is 2. The summed E-state index contributed by atoms with van der Waals surface area (Å²) in [6, 6.07) is 4.33. The van der Waals surface area contributed by atoms with Gasteiger partial charge in [-0.15, -0.1) is 0 Å². The lowest BCUT2D eigenvalue weighted by molar-refractivity contribution is -0.384. The summed E-state index contributed by atoms with van der Waals surface area (Å²) in [5.41, 5.74) is 6.42. The second kappa shape index (κ2) is 3.74. The number of nitrogens with two attached hydrogens (primary N) is 1.